The zero-order chi connectivity index (χ0) is 20.0. The third kappa shape index (κ3) is 3.60. The van der Waals surface area contributed by atoms with E-state index in [1.54, 1.807) is 0 Å². The van der Waals surface area contributed by atoms with Gasteiger partial charge in [0.2, 0.25) is 11.8 Å². The number of benzene rings is 1. The molecule has 1 heterocycles. The van der Waals surface area contributed by atoms with Gasteiger partial charge in [0, 0.05) is 17.1 Å². The van der Waals surface area contributed by atoms with Gasteiger partial charge in [-0.2, -0.15) is 0 Å². The van der Waals surface area contributed by atoms with Crippen LogP contribution in [0.25, 0.3) is 0 Å². The number of amides is 1. The second-order valence-corrected chi connectivity index (χ2v) is 10.5. The molecule has 1 aromatic carbocycles. The van der Waals surface area contributed by atoms with E-state index < -0.39 is 0 Å². The van der Waals surface area contributed by atoms with Gasteiger partial charge in [0.05, 0.1) is 5.75 Å². The zero-order valence-electron chi connectivity index (χ0n) is 17.2. The minimum Gasteiger partial charge on any atom is -0.415 e. The summed E-state index contributed by atoms with van der Waals surface area (Å²) in [6.07, 6.45) is 7.81. The van der Waals surface area contributed by atoms with Crippen molar-refractivity contribution in [2.75, 3.05) is 10.7 Å². The topological polar surface area (TPSA) is 59.2 Å². The van der Waals surface area contributed by atoms with Crippen LogP contribution in [-0.2, 0) is 10.2 Å². The molecule has 1 aromatic heterocycles. The molecular weight excluding hydrogens is 382 g/mol. The number of rotatable bonds is 6. The lowest BCUT2D eigenvalue weighted by Gasteiger charge is -2.55. The van der Waals surface area contributed by atoms with Gasteiger partial charge < -0.3 is 9.32 Å². The Morgan fingerprint density at radius 2 is 1.72 bits per heavy atom. The Morgan fingerprint density at radius 1 is 1.10 bits per heavy atom. The highest BCUT2D eigenvalue weighted by atomic mass is 32.2. The van der Waals surface area contributed by atoms with E-state index in [1.807, 2.05) is 49.1 Å². The third-order valence-electron chi connectivity index (χ3n) is 7.04. The molecule has 4 aliphatic carbocycles. The number of aromatic nitrogens is 2. The van der Waals surface area contributed by atoms with Crippen LogP contribution in [-0.4, -0.2) is 27.9 Å². The third-order valence-corrected chi connectivity index (χ3v) is 7.84. The quantitative estimate of drug-likeness (QED) is 0.621. The van der Waals surface area contributed by atoms with E-state index in [0.29, 0.717) is 11.0 Å². The number of hydrogen-bond acceptors (Lipinski definition) is 5. The fraction of sp³-hybridized carbons (Fsp3) is 0.609. The van der Waals surface area contributed by atoms with E-state index in [4.69, 9.17) is 4.42 Å². The minimum atomic E-state index is 0.0609. The number of para-hydroxylation sites is 1. The van der Waals surface area contributed by atoms with Crippen LogP contribution in [0.1, 0.15) is 58.3 Å². The van der Waals surface area contributed by atoms with Crippen molar-refractivity contribution >= 4 is 23.4 Å². The first-order chi connectivity index (χ1) is 14.0. The average molecular weight is 412 g/mol. The van der Waals surface area contributed by atoms with Crippen molar-refractivity contribution in [3.05, 3.63) is 36.2 Å². The van der Waals surface area contributed by atoms with Crippen LogP contribution in [0.15, 0.2) is 40.0 Å². The van der Waals surface area contributed by atoms with Gasteiger partial charge >= 0.3 is 0 Å². The first kappa shape index (κ1) is 19.2. The fourth-order valence-corrected chi connectivity index (χ4v) is 6.99. The van der Waals surface area contributed by atoms with Crippen molar-refractivity contribution in [1.82, 2.24) is 10.2 Å². The van der Waals surface area contributed by atoms with Gasteiger partial charge in [0.15, 0.2) is 0 Å². The summed E-state index contributed by atoms with van der Waals surface area (Å²) in [6, 6.07) is 9.92. The Labute approximate surface area is 176 Å². The normalized spacial score (nSPS) is 30.1. The Morgan fingerprint density at radius 3 is 2.31 bits per heavy atom. The van der Waals surface area contributed by atoms with Crippen molar-refractivity contribution in [3.63, 3.8) is 0 Å². The van der Waals surface area contributed by atoms with Crippen LogP contribution in [0, 0.1) is 17.8 Å². The van der Waals surface area contributed by atoms with E-state index in [9.17, 15) is 4.79 Å². The Bertz CT molecular complexity index is 844. The number of thioether (sulfide) groups is 1. The van der Waals surface area contributed by atoms with Crippen molar-refractivity contribution in [3.8, 4) is 0 Å². The van der Waals surface area contributed by atoms with Crippen molar-refractivity contribution in [2.24, 2.45) is 17.8 Å². The molecule has 4 fully saturated rings. The zero-order valence-corrected chi connectivity index (χ0v) is 18.0. The summed E-state index contributed by atoms with van der Waals surface area (Å²) in [6.45, 7) is 4.07. The van der Waals surface area contributed by atoms with E-state index in [-0.39, 0.29) is 17.4 Å². The molecule has 5 nitrogen and oxygen atoms in total. The molecule has 4 saturated carbocycles. The van der Waals surface area contributed by atoms with E-state index in [1.165, 1.54) is 50.3 Å². The maximum Gasteiger partial charge on any atom is 0.277 e. The molecule has 4 bridgehead atoms. The monoisotopic (exact) mass is 411 g/mol. The SMILES string of the molecule is CC(C)N(C(=O)CSc1nnc(C23CC4CC(CC(C4)C2)C3)o1)c1ccccc1. The summed E-state index contributed by atoms with van der Waals surface area (Å²) in [5, 5.41) is 9.29. The maximum atomic E-state index is 12.9. The van der Waals surface area contributed by atoms with Crippen LogP contribution in [0.4, 0.5) is 5.69 Å². The summed E-state index contributed by atoms with van der Waals surface area (Å²) in [7, 11) is 0. The van der Waals surface area contributed by atoms with Crippen molar-refractivity contribution < 1.29 is 9.21 Å². The molecule has 0 spiro atoms. The van der Waals surface area contributed by atoms with Gasteiger partial charge in [-0.15, -0.1) is 10.2 Å². The minimum absolute atomic E-state index is 0.0609. The predicted octanol–water partition coefficient (Wildman–Crippen LogP) is 5.07. The van der Waals surface area contributed by atoms with Gasteiger partial charge in [-0.05, 0) is 82.3 Å². The van der Waals surface area contributed by atoms with Gasteiger partial charge in [-0.3, -0.25) is 4.79 Å². The summed E-state index contributed by atoms with van der Waals surface area (Å²) < 4.78 is 6.13. The van der Waals surface area contributed by atoms with Crippen LogP contribution in [0.3, 0.4) is 0 Å². The summed E-state index contributed by atoms with van der Waals surface area (Å²) in [5.41, 5.74) is 1.03. The largest absolute Gasteiger partial charge is 0.415 e. The molecular formula is C23H29N3O2S. The molecule has 0 N–H and O–H groups in total. The highest BCUT2D eigenvalue weighted by Gasteiger charge is 2.54. The molecule has 154 valence electrons. The summed E-state index contributed by atoms with van der Waals surface area (Å²) in [4.78, 5) is 14.7. The maximum absolute atomic E-state index is 12.9. The highest BCUT2D eigenvalue weighted by Crippen LogP contribution is 2.60. The Kier molecular flexibility index (Phi) is 4.93. The molecule has 4 aliphatic rings. The second-order valence-electron chi connectivity index (χ2n) is 9.55. The molecule has 0 unspecified atom stereocenters. The number of hydrogen-bond donors (Lipinski definition) is 0. The Hall–Kier alpha value is -1.82. The van der Waals surface area contributed by atoms with E-state index >= 15 is 0 Å². The molecule has 1 amide bonds. The lowest BCUT2D eigenvalue weighted by atomic mass is 9.49. The summed E-state index contributed by atoms with van der Waals surface area (Å²) in [5.74, 6) is 3.72. The first-order valence-corrected chi connectivity index (χ1v) is 11.8. The fourth-order valence-electron chi connectivity index (χ4n) is 6.37. The molecule has 6 heteroatoms. The molecule has 0 atom stereocenters. The predicted molar refractivity (Wildman–Crippen MR) is 114 cm³/mol. The standard InChI is InChI=1S/C23H29N3O2S/c1-15(2)26(19-6-4-3-5-7-19)20(27)14-29-22-25-24-21(28-22)23-11-16-8-17(12-23)10-18(9-16)13-23/h3-7,15-18H,8-14H2,1-2H3. The first-order valence-electron chi connectivity index (χ1n) is 10.9. The van der Waals surface area contributed by atoms with Gasteiger partial charge in [0.25, 0.3) is 5.22 Å². The molecule has 6 rings (SSSR count). The van der Waals surface area contributed by atoms with Gasteiger partial charge in [-0.1, -0.05) is 30.0 Å². The van der Waals surface area contributed by atoms with Crippen molar-refractivity contribution in [1.29, 1.82) is 0 Å². The van der Waals surface area contributed by atoms with Crippen LogP contribution >= 0.6 is 11.8 Å². The molecule has 0 radical (unpaired) electrons. The number of anilines is 1. The number of carbonyl (C=O) groups is 1. The lowest BCUT2D eigenvalue weighted by molar-refractivity contribution is -0.116. The molecule has 29 heavy (non-hydrogen) atoms. The number of carbonyl (C=O) groups excluding carboxylic acids is 1. The average Bonchev–Trinajstić information content (AvgIpc) is 3.16. The molecule has 0 aliphatic heterocycles. The van der Waals surface area contributed by atoms with Gasteiger partial charge in [0.1, 0.15) is 0 Å². The molecule has 0 saturated heterocycles. The van der Waals surface area contributed by atoms with Crippen LogP contribution in [0.5, 0.6) is 0 Å². The van der Waals surface area contributed by atoms with E-state index in [0.717, 1.165) is 29.3 Å². The van der Waals surface area contributed by atoms with E-state index in [2.05, 4.69) is 10.2 Å². The highest BCUT2D eigenvalue weighted by molar-refractivity contribution is 7.99. The van der Waals surface area contributed by atoms with Crippen LogP contribution in [0.2, 0.25) is 0 Å². The lowest BCUT2D eigenvalue weighted by Crippen LogP contribution is -2.48. The van der Waals surface area contributed by atoms with Crippen molar-refractivity contribution in [2.45, 2.75) is 69.1 Å². The second kappa shape index (κ2) is 7.46. The number of nitrogens with zero attached hydrogens (tertiary/aromatic N) is 3. The van der Waals surface area contributed by atoms with Gasteiger partial charge in [-0.25, -0.2) is 0 Å². The Balaban J connectivity index is 1.27. The van der Waals surface area contributed by atoms with Crippen LogP contribution < -0.4 is 4.90 Å². The smallest absolute Gasteiger partial charge is 0.277 e. The summed E-state index contributed by atoms with van der Waals surface area (Å²) >= 11 is 1.36. The molecule has 2 aromatic rings.